The van der Waals surface area contributed by atoms with Gasteiger partial charge in [0.15, 0.2) is 0 Å². The molecule has 0 saturated carbocycles. The van der Waals surface area contributed by atoms with Crippen molar-refractivity contribution in [1.29, 1.82) is 0 Å². The average molecular weight is 470 g/mol. The minimum absolute atomic E-state index is 0.00763. The van der Waals surface area contributed by atoms with Crippen LogP contribution >= 0.6 is 27.5 Å². The summed E-state index contributed by atoms with van der Waals surface area (Å²) in [4.78, 5) is 31.5. The summed E-state index contributed by atoms with van der Waals surface area (Å²) in [5.74, 6) is -1.45. The Morgan fingerprint density at radius 1 is 1.00 bits per heavy atom. The van der Waals surface area contributed by atoms with Gasteiger partial charge in [-0.3, -0.25) is 14.5 Å². The topological polar surface area (TPSA) is 70.5 Å². The highest BCUT2D eigenvalue weighted by Gasteiger charge is 2.47. The van der Waals surface area contributed by atoms with E-state index in [1.165, 1.54) is 4.90 Å². The Labute approximate surface area is 180 Å². The van der Waals surface area contributed by atoms with E-state index in [0.29, 0.717) is 22.0 Å². The first kappa shape index (κ1) is 19.4. The molecule has 2 aromatic carbocycles. The smallest absolute Gasteiger partial charge is 0.301 e. The van der Waals surface area contributed by atoms with E-state index < -0.39 is 17.7 Å². The van der Waals surface area contributed by atoms with Crippen LogP contribution in [0.15, 0.2) is 83.0 Å². The van der Waals surface area contributed by atoms with Crippen molar-refractivity contribution in [3.8, 4) is 0 Å². The highest BCUT2D eigenvalue weighted by Crippen LogP contribution is 2.41. The number of Topliss-reactive ketones (excluding diaryl/α,β-unsaturated/α-hetero) is 1. The van der Waals surface area contributed by atoms with Crippen molar-refractivity contribution >= 4 is 50.8 Å². The van der Waals surface area contributed by atoms with E-state index in [9.17, 15) is 14.7 Å². The lowest BCUT2D eigenvalue weighted by Gasteiger charge is -2.24. The Balaban J connectivity index is 1.94. The van der Waals surface area contributed by atoms with Crippen LogP contribution in [0.25, 0.3) is 5.76 Å². The van der Waals surface area contributed by atoms with E-state index in [0.717, 1.165) is 4.47 Å². The largest absolute Gasteiger partial charge is 0.507 e. The Bertz CT molecular complexity index is 1110. The summed E-state index contributed by atoms with van der Waals surface area (Å²) in [5, 5.41) is 11.5. The van der Waals surface area contributed by atoms with Crippen LogP contribution in [0.4, 0.5) is 5.82 Å². The Kier molecular flexibility index (Phi) is 5.22. The van der Waals surface area contributed by atoms with E-state index in [2.05, 4.69) is 20.9 Å². The number of benzene rings is 2. The number of hydrogen-bond acceptors (Lipinski definition) is 4. The molecule has 0 radical (unpaired) electrons. The number of amides is 1. The summed E-state index contributed by atoms with van der Waals surface area (Å²) in [5.41, 5.74) is 1.09. The van der Waals surface area contributed by atoms with Crippen molar-refractivity contribution in [2.24, 2.45) is 0 Å². The zero-order valence-electron chi connectivity index (χ0n) is 14.9. The number of hydrogen-bond donors (Lipinski definition) is 1. The summed E-state index contributed by atoms with van der Waals surface area (Å²) in [7, 11) is 0. The number of pyridine rings is 1. The molecule has 5 nitrogen and oxygen atoms in total. The Hall–Kier alpha value is -2.96. The summed E-state index contributed by atoms with van der Waals surface area (Å²) in [6.45, 7) is 0. The van der Waals surface area contributed by atoms with Gasteiger partial charge in [0.25, 0.3) is 5.78 Å². The van der Waals surface area contributed by atoms with Gasteiger partial charge in [0.2, 0.25) is 0 Å². The second kappa shape index (κ2) is 7.81. The van der Waals surface area contributed by atoms with Crippen LogP contribution in [0.5, 0.6) is 0 Å². The molecule has 0 aliphatic carbocycles. The van der Waals surface area contributed by atoms with Gasteiger partial charge in [0, 0.05) is 21.3 Å². The van der Waals surface area contributed by atoms with Gasteiger partial charge in [-0.15, -0.1) is 0 Å². The third-order valence-corrected chi connectivity index (χ3v) is 5.36. The van der Waals surface area contributed by atoms with Crippen molar-refractivity contribution in [1.82, 2.24) is 4.98 Å². The average Bonchev–Trinajstić information content (AvgIpc) is 3.00. The normalized spacial score (nSPS) is 18.3. The minimum atomic E-state index is -0.832. The molecule has 7 heteroatoms. The zero-order chi connectivity index (χ0) is 20.5. The van der Waals surface area contributed by atoms with Crippen LogP contribution in [0.3, 0.4) is 0 Å². The third kappa shape index (κ3) is 3.57. The fourth-order valence-electron chi connectivity index (χ4n) is 3.29. The molecular weight excluding hydrogens is 456 g/mol. The molecule has 1 atom stereocenters. The highest BCUT2D eigenvalue weighted by atomic mass is 79.9. The van der Waals surface area contributed by atoms with Crippen LogP contribution < -0.4 is 4.90 Å². The van der Waals surface area contributed by atoms with E-state index in [1.807, 2.05) is 0 Å². The predicted octanol–water partition coefficient (Wildman–Crippen LogP) is 5.12. The summed E-state index contributed by atoms with van der Waals surface area (Å²) in [6.07, 6.45) is 1.55. The van der Waals surface area contributed by atoms with Crippen molar-refractivity contribution in [2.75, 3.05) is 4.90 Å². The molecule has 1 aromatic heterocycles. The highest BCUT2D eigenvalue weighted by molar-refractivity contribution is 9.10. The molecule has 2 heterocycles. The van der Waals surface area contributed by atoms with Gasteiger partial charge < -0.3 is 5.11 Å². The molecule has 0 spiro atoms. The summed E-state index contributed by atoms with van der Waals surface area (Å²) in [6, 6.07) is 18.0. The number of nitrogens with zero attached hydrogens (tertiary/aromatic N) is 2. The van der Waals surface area contributed by atoms with Crippen molar-refractivity contribution < 1.29 is 14.7 Å². The maximum Gasteiger partial charge on any atom is 0.301 e. The SMILES string of the molecule is O=C1C(=O)N(c2ccc(Br)cn2)[C@@H](c2ccc(Cl)cc2)C1=C(O)c1ccccc1. The number of anilines is 1. The molecule has 3 aromatic rings. The van der Waals surface area contributed by atoms with Gasteiger partial charge in [-0.05, 0) is 45.8 Å². The second-order valence-electron chi connectivity index (χ2n) is 6.42. The predicted molar refractivity (Wildman–Crippen MR) is 115 cm³/mol. The first-order valence-corrected chi connectivity index (χ1v) is 9.88. The lowest BCUT2D eigenvalue weighted by molar-refractivity contribution is -0.132. The van der Waals surface area contributed by atoms with Gasteiger partial charge in [-0.1, -0.05) is 54.1 Å². The second-order valence-corrected chi connectivity index (χ2v) is 7.77. The number of carbonyl (C=O) groups is 2. The van der Waals surface area contributed by atoms with Crippen LogP contribution in [0.2, 0.25) is 5.02 Å². The van der Waals surface area contributed by atoms with E-state index in [1.54, 1.807) is 72.9 Å². The Morgan fingerprint density at radius 2 is 1.69 bits per heavy atom. The van der Waals surface area contributed by atoms with Gasteiger partial charge in [0.1, 0.15) is 11.6 Å². The van der Waals surface area contributed by atoms with Crippen molar-refractivity contribution in [2.45, 2.75) is 6.04 Å². The maximum atomic E-state index is 12.9. The van der Waals surface area contributed by atoms with Gasteiger partial charge in [-0.25, -0.2) is 4.98 Å². The lowest BCUT2D eigenvalue weighted by Crippen LogP contribution is -2.30. The van der Waals surface area contributed by atoms with Crippen LogP contribution in [-0.2, 0) is 9.59 Å². The van der Waals surface area contributed by atoms with Gasteiger partial charge in [-0.2, -0.15) is 0 Å². The number of rotatable bonds is 3. The number of carbonyl (C=O) groups excluding carboxylic acids is 2. The van der Waals surface area contributed by atoms with Crippen molar-refractivity contribution in [3.05, 3.63) is 99.1 Å². The number of halogens is 2. The van der Waals surface area contributed by atoms with E-state index in [4.69, 9.17) is 11.6 Å². The van der Waals surface area contributed by atoms with Crippen LogP contribution in [-0.4, -0.2) is 21.8 Å². The summed E-state index contributed by atoms with van der Waals surface area (Å²) < 4.78 is 0.741. The molecule has 4 rings (SSSR count). The number of aliphatic hydroxyl groups is 1. The third-order valence-electron chi connectivity index (χ3n) is 4.64. The van der Waals surface area contributed by atoms with Crippen LogP contribution in [0, 0.1) is 0 Å². The van der Waals surface area contributed by atoms with E-state index >= 15 is 0 Å². The molecular formula is C22H14BrClN2O3. The lowest BCUT2D eigenvalue weighted by atomic mass is 9.95. The molecule has 1 saturated heterocycles. The molecule has 1 aliphatic rings. The molecule has 0 bridgehead atoms. The van der Waals surface area contributed by atoms with Gasteiger partial charge in [0.05, 0.1) is 11.6 Å². The molecule has 1 aliphatic heterocycles. The first-order valence-electron chi connectivity index (χ1n) is 8.71. The quantitative estimate of drug-likeness (QED) is 0.328. The molecule has 1 amide bonds. The number of aliphatic hydroxyl groups excluding tert-OH is 1. The summed E-state index contributed by atoms with van der Waals surface area (Å²) >= 11 is 9.33. The zero-order valence-corrected chi connectivity index (χ0v) is 17.3. The van der Waals surface area contributed by atoms with Crippen molar-refractivity contribution in [3.63, 3.8) is 0 Å². The molecule has 1 fully saturated rings. The van der Waals surface area contributed by atoms with E-state index in [-0.39, 0.29) is 11.3 Å². The maximum absolute atomic E-state index is 12.9. The van der Waals surface area contributed by atoms with Gasteiger partial charge >= 0.3 is 5.91 Å². The molecule has 144 valence electrons. The number of ketones is 1. The Morgan fingerprint density at radius 3 is 2.31 bits per heavy atom. The monoisotopic (exact) mass is 468 g/mol. The fraction of sp³-hybridized carbons (Fsp3) is 0.0455. The molecule has 29 heavy (non-hydrogen) atoms. The molecule has 1 N–H and O–H groups in total. The standard InChI is InChI=1S/C22H14BrClN2O3/c23-15-8-11-17(25-12-15)26-19(13-6-9-16(24)10-7-13)18(21(28)22(26)29)20(27)14-4-2-1-3-5-14/h1-12,19,27H/t19-/m0/s1. The first-order chi connectivity index (χ1) is 14.0. The molecule has 0 unspecified atom stereocenters. The number of aromatic nitrogens is 1. The fourth-order valence-corrected chi connectivity index (χ4v) is 3.65. The van der Waals surface area contributed by atoms with Crippen LogP contribution in [0.1, 0.15) is 17.2 Å². The minimum Gasteiger partial charge on any atom is -0.507 e.